The molecule has 0 radical (unpaired) electrons. The van der Waals surface area contributed by atoms with Crippen molar-refractivity contribution >= 4 is 22.8 Å². The third kappa shape index (κ3) is 6.33. The van der Waals surface area contributed by atoms with Crippen LogP contribution < -0.4 is 4.90 Å². The van der Waals surface area contributed by atoms with Crippen molar-refractivity contribution in [2.45, 2.75) is 45.2 Å². The van der Waals surface area contributed by atoms with Gasteiger partial charge in [0.1, 0.15) is 18.0 Å². The predicted molar refractivity (Wildman–Crippen MR) is 140 cm³/mol. The molecular weight excluding hydrogens is 529 g/mol. The highest BCUT2D eigenvalue weighted by Gasteiger charge is 2.29. The minimum absolute atomic E-state index is 0.143. The van der Waals surface area contributed by atoms with E-state index in [1.807, 2.05) is 17.0 Å². The van der Waals surface area contributed by atoms with Crippen LogP contribution in [0.4, 0.5) is 23.8 Å². The summed E-state index contributed by atoms with van der Waals surface area (Å²) in [5.74, 6) is 1.09. The first-order valence-electron chi connectivity index (χ1n) is 12.7. The highest BCUT2D eigenvalue weighted by Crippen LogP contribution is 2.26. The summed E-state index contributed by atoms with van der Waals surface area (Å²) in [6, 6.07) is 7.13. The Hall–Kier alpha value is -4.20. The van der Waals surface area contributed by atoms with Crippen LogP contribution in [0.15, 0.2) is 49.1 Å². The average molecular weight is 559 g/mol. The first-order chi connectivity index (χ1) is 18.8. The molecule has 14 heteroatoms. The van der Waals surface area contributed by atoms with Crippen LogP contribution in [0.1, 0.15) is 20.8 Å². The van der Waals surface area contributed by atoms with Crippen molar-refractivity contribution in [3.05, 3.63) is 49.1 Å². The summed E-state index contributed by atoms with van der Waals surface area (Å²) in [6.07, 6.45) is 0.187. The van der Waals surface area contributed by atoms with Crippen LogP contribution in [0.2, 0.25) is 0 Å². The van der Waals surface area contributed by atoms with Crippen LogP contribution in [0, 0.1) is 0 Å². The fraction of sp³-hybridized carbons (Fsp3) is 0.423. The fourth-order valence-electron chi connectivity index (χ4n) is 4.42. The number of aliphatic hydroxyl groups is 1. The summed E-state index contributed by atoms with van der Waals surface area (Å²) in [5.41, 5.74) is 0.894. The van der Waals surface area contributed by atoms with Gasteiger partial charge in [-0.05, 0) is 39.0 Å². The second-order valence-electron chi connectivity index (χ2n) is 10.6. The number of carbonyl (C=O) groups is 1. The Labute approximate surface area is 227 Å². The standard InChI is InChI=1S/C26H29F3N8O3/c1-25(2,3)40-24(39)35-8-7-34(14-19(38)15-35)22-5-4-6-23(33-22)37-21-9-20(30-10-17(21)11-32-37)18-12-31-36(13-18)16-26(27,28)29/h4-6,9-13,19,38H,7-8,14-16H2,1-3H3/t19-/m1/s1. The van der Waals surface area contributed by atoms with Gasteiger partial charge in [-0.15, -0.1) is 0 Å². The Kier molecular flexibility index (Phi) is 7.12. The number of aliphatic hydroxyl groups excluding tert-OH is 1. The van der Waals surface area contributed by atoms with Gasteiger partial charge in [0.25, 0.3) is 0 Å². The Morgan fingerprint density at radius 2 is 1.85 bits per heavy atom. The van der Waals surface area contributed by atoms with Gasteiger partial charge in [0.2, 0.25) is 0 Å². The molecule has 1 atom stereocenters. The van der Waals surface area contributed by atoms with Gasteiger partial charge in [0, 0.05) is 43.0 Å². The Morgan fingerprint density at radius 3 is 2.60 bits per heavy atom. The molecule has 0 saturated carbocycles. The number of β-amino-alcohol motifs (C(OH)–C–C–N with tert-alkyl or cyclic N) is 1. The van der Waals surface area contributed by atoms with Crippen molar-refractivity contribution in [3.63, 3.8) is 0 Å². The molecule has 1 amide bonds. The summed E-state index contributed by atoms with van der Waals surface area (Å²) in [7, 11) is 0. The lowest BCUT2D eigenvalue weighted by molar-refractivity contribution is -0.142. The van der Waals surface area contributed by atoms with E-state index in [0.717, 1.165) is 10.1 Å². The van der Waals surface area contributed by atoms with Gasteiger partial charge in [-0.3, -0.25) is 9.67 Å². The minimum Gasteiger partial charge on any atom is -0.444 e. The number of nitrogens with zero attached hydrogens (tertiary/aromatic N) is 8. The molecule has 4 aromatic heterocycles. The third-order valence-electron chi connectivity index (χ3n) is 6.14. The summed E-state index contributed by atoms with van der Waals surface area (Å²) in [4.78, 5) is 25.1. The number of pyridine rings is 2. The zero-order valence-corrected chi connectivity index (χ0v) is 22.2. The van der Waals surface area contributed by atoms with Gasteiger partial charge in [-0.2, -0.15) is 23.4 Å². The maximum absolute atomic E-state index is 12.7. The zero-order chi connectivity index (χ0) is 28.7. The van der Waals surface area contributed by atoms with E-state index in [2.05, 4.69) is 15.2 Å². The first-order valence-corrected chi connectivity index (χ1v) is 12.7. The largest absolute Gasteiger partial charge is 0.444 e. The molecule has 5 heterocycles. The van der Waals surface area contributed by atoms with Crippen molar-refractivity contribution in [1.29, 1.82) is 0 Å². The molecule has 4 aromatic rings. The Bertz CT molecular complexity index is 1510. The minimum atomic E-state index is -4.38. The molecule has 0 bridgehead atoms. The van der Waals surface area contributed by atoms with E-state index in [9.17, 15) is 23.1 Å². The molecule has 212 valence electrons. The number of carbonyl (C=O) groups excluding carboxylic acids is 1. The lowest BCUT2D eigenvalue weighted by Crippen LogP contribution is -2.41. The van der Waals surface area contributed by atoms with E-state index in [-0.39, 0.29) is 13.1 Å². The Balaban J connectivity index is 1.38. The van der Waals surface area contributed by atoms with Gasteiger partial charge >= 0.3 is 12.3 Å². The first kappa shape index (κ1) is 27.4. The van der Waals surface area contributed by atoms with E-state index >= 15 is 0 Å². The molecule has 11 nitrogen and oxygen atoms in total. The molecule has 1 N–H and O–H groups in total. The molecule has 0 aliphatic carbocycles. The highest BCUT2D eigenvalue weighted by atomic mass is 19.4. The molecule has 1 fully saturated rings. The number of rotatable bonds is 4. The van der Waals surface area contributed by atoms with Gasteiger partial charge in [-0.1, -0.05) is 6.07 Å². The second-order valence-corrected chi connectivity index (χ2v) is 10.6. The molecule has 0 unspecified atom stereocenters. The van der Waals surface area contributed by atoms with E-state index < -0.39 is 30.5 Å². The van der Waals surface area contributed by atoms with Gasteiger partial charge in [0.05, 0.1) is 36.3 Å². The molecule has 0 aromatic carbocycles. The number of alkyl halides is 3. The normalized spacial score (nSPS) is 16.8. The van der Waals surface area contributed by atoms with Crippen LogP contribution in [0.5, 0.6) is 0 Å². The summed E-state index contributed by atoms with van der Waals surface area (Å²) in [5, 5.41) is 19.6. The summed E-state index contributed by atoms with van der Waals surface area (Å²) in [6.45, 7) is 5.38. The van der Waals surface area contributed by atoms with Crippen molar-refractivity contribution in [3.8, 4) is 17.1 Å². The van der Waals surface area contributed by atoms with E-state index in [4.69, 9.17) is 9.72 Å². The highest BCUT2D eigenvalue weighted by molar-refractivity contribution is 5.83. The SMILES string of the molecule is CC(C)(C)OC(=O)N1CCN(c2cccc(-n3ncc4cnc(-c5cnn(CC(F)(F)F)c5)cc43)n2)C[C@@H](O)C1. The van der Waals surface area contributed by atoms with E-state index in [1.165, 1.54) is 17.3 Å². The van der Waals surface area contributed by atoms with Crippen LogP contribution in [0.25, 0.3) is 28.0 Å². The van der Waals surface area contributed by atoms with E-state index in [0.29, 0.717) is 41.5 Å². The number of hydrogen-bond donors (Lipinski definition) is 1. The number of aromatic nitrogens is 6. The quantitative estimate of drug-likeness (QED) is 0.404. The molecule has 1 aliphatic rings. The molecule has 5 rings (SSSR count). The van der Waals surface area contributed by atoms with Crippen LogP contribution in [-0.2, 0) is 11.3 Å². The topological polar surface area (TPSA) is 114 Å². The molecule has 0 spiro atoms. The van der Waals surface area contributed by atoms with Crippen molar-refractivity contribution in [2.75, 3.05) is 31.1 Å². The number of halogens is 3. The molecule has 1 saturated heterocycles. The smallest absolute Gasteiger partial charge is 0.410 e. The number of amides is 1. The average Bonchev–Trinajstić information content (AvgIpc) is 3.44. The maximum Gasteiger partial charge on any atom is 0.410 e. The summed E-state index contributed by atoms with van der Waals surface area (Å²) >= 11 is 0. The maximum atomic E-state index is 12.7. The molecular formula is C26H29F3N8O3. The van der Waals surface area contributed by atoms with E-state index in [1.54, 1.807) is 50.0 Å². The van der Waals surface area contributed by atoms with Gasteiger partial charge < -0.3 is 19.6 Å². The predicted octanol–water partition coefficient (Wildman–Crippen LogP) is 3.66. The lowest BCUT2D eigenvalue weighted by Gasteiger charge is -2.27. The number of hydrogen-bond acceptors (Lipinski definition) is 8. The van der Waals surface area contributed by atoms with Crippen molar-refractivity contribution in [1.82, 2.24) is 34.4 Å². The second kappa shape index (κ2) is 10.4. The fourth-order valence-corrected chi connectivity index (χ4v) is 4.42. The van der Waals surface area contributed by atoms with Crippen LogP contribution >= 0.6 is 0 Å². The van der Waals surface area contributed by atoms with Crippen molar-refractivity contribution < 1.29 is 27.8 Å². The van der Waals surface area contributed by atoms with Gasteiger partial charge in [-0.25, -0.2) is 14.5 Å². The third-order valence-corrected chi connectivity index (χ3v) is 6.14. The monoisotopic (exact) mass is 558 g/mol. The lowest BCUT2D eigenvalue weighted by atomic mass is 10.2. The zero-order valence-electron chi connectivity index (χ0n) is 22.2. The van der Waals surface area contributed by atoms with Crippen LogP contribution in [-0.4, -0.2) is 89.7 Å². The summed E-state index contributed by atoms with van der Waals surface area (Å²) < 4.78 is 46.2. The molecule has 1 aliphatic heterocycles. The number of fused-ring (bicyclic) bond motifs is 1. The number of ether oxygens (including phenoxy) is 1. The van der Waals surface area contributed by atoms with Gasteiger partial charge in [0.15, 0.2) is 5.82 Å². The van der Waals surface area contributed by atoms with Crippen molar-refractivity contribution in [2.24, 2.45) is 0 Å². The molecule has 40 heavy (non-hydrogen) atoms. The van der Waals surface area contributed by atoms with Crippen LogP contribution in [0.3, 0.4) is 0 Å². The number of anilines is 1. The Morgan fingerprint density at radius 1 is 1.07 bits per heavy atom.